The van der Waals surface area contributed by atoms with Gasteiger partial charge in [0.25, 0.3) is 0 Å². The summed E-state index contributed by atoms with van der Waals surface area (Å²) in [5, 5.41) is 2.71. The van der Waals surface area contributed by atoms with E-state index in [1.165, 1.54) is 22.6 Å². The predicted octanol–water partition coefficient (Wildman–Crippen LogP) is 2.80. The van der Waals surface area contributed by atoms with Crippen molar-refractivity contribution in [2.45, 2.75) is 37.2 Å². The highest BCUT2D eigenvalue weighted by Crippen LogP contribution is 2.23. The van der Waals surface area contributed by atoms with Crippen LogP contribution in [0.4, 0.5) is 10.1 Å². The monoisotopic (exact) mass is 407 g/mol. The van der Waals surface area contributed by atoms with Gasteiger partial charge in [0.2, 0.25) is 21.8 Å². The lowest BCUT2D eigenvalue weighted by molar-refractivity contribution is -0.115. The summed E-state index contributed by atoms with van der Waals surface area (Å²) in [6.45, 7) is 2.40. The molecule has 1 fully saturated rings. The van der Waals surface area contributed by atoms with Gasteiger partial charge in [0, 0.05) is 25.6 Å². The molecule has 1 aliphatic heterocycles. The first-order chi connectivity index (χ1) is 13.4. The number of nitrogens with zero attached hydrogens (tertiary/aromatic N) is 2. The van der Waals surface area contributed by atoms with E-state index < -0.39 is 15.8 Å². The number of benzene rings is 1. The second-order valence-electron chi connectivity index (χ2n) is 6.46. The highest BCUT2D eigenvalue weighted by atomic mass is 32.2. The summed E-state index contributed by atoms with van der Waals surface area (Å²) < 4.78 is 45.5. The van der Waals surface area contributed by atoms with Gasteiger partial charge < -0.3 is 10.1 Å². The van der Waals surface area contributed by atoms with Crippen LogP contribution in [0, 0.1) is 5.82 Å². The Kier molecular flexibility index (Phi) is 6.25. The number of piperidine rings is 1. The maximum atomic E-state index is 13.0. The van der Waals surface area contributed by atoms with E-state index >= 15 is 0 Å². The number of halogens is 1. The number of hydrogen-bond donors (Lipinski definition) is 1. The average molecular weight is 407 g/mol. The van der Waals surface area contributed by atoms with Gasteiger partial charge in [-0.1, -0.05) is 6.92 Å². The van der Waals surface area contributed by atoms with Gasteiger partial charge in [-0.25, -0.2) is 17.8 Å². The molecule has 9 heteroatoms. The summed E-state index contributed by atoms with van der Waals surface area (Å²) in [7, 11) is -3.64. The van der Waals surface area contributed by atoms with E-state index in [1.807, 2.05) is 0 Å². The third kappa shape index (κ3) is 4.85. The van der Waals surface area contributed by atoms with Crippen molar-refractivity contribution in [1.82, 2.24) is 9.29 Å². The maximum Gasteiger partial charge on any atom is 0.243 e. The van der Waals surface area contributed by atoms with Crippen LogP contribution in [0.3, 0.4) is 0 Å². The zero-order valence-electron chi connectivity index (χ0n) is 15.5. The van der Waals surface area contributed by atoms with Crippen LogP contribution in [-0.2, 0) is 14.8 Å². The van der Waals surface area contributed by atoms with Crippen molar-refractivity contribution in [3.63, 3.8) is 0 Å². The number of anilines is 1. The molecule has 3 rings (SSSR count). The smallest absolute Gasteiger partial charge is 0.243 e. The number of carbonyl (C=O) groups is 1. The number of sulfonamides is 1. The lowest BCUT2D eigenvalue weighted by Gasteiger charge is -2.31. The molecule has 0 bridgehead atoms. The van der Waals surface area contributed by atoms with Crippen LogP contribution in [0.15, 0.2) is 47.5 Å². The molecular weight excluding hydrogens is 385 g/mol. The molecule has 1 amide bonds. The van der Waals surface area contributed by atoms with Crippen molar-refractivity contribution in [1.29, 1.82) is 0 Å². The van der Waals surface area contributed by atoms with Crippen molar-refractivity contribution >= 4 is 21.6 Å². The fraction of sp³-hybridized carbons (Fsp3) is 0.368. The van der Waals surface area contributed by atoms with Gasteiger partial charge in [-0.15, -0.1) is 0 Å². The van der Waals surface area contributed by atoms with Crippen LogP contribution in [0.1, 0.15) is 26.2 Å². The molecule has 0 unspecified atom stereocenters. The average Bonchev–Trinajstić information content (AvgIpc) is 2.70. The molecule has 1 saturated heterocycles. The van der Waals surface area contributed by atoms with Crippen molar-refractivity contribution in [3.05, 3.63) is 48.4 Å². The van der Waals surface area contributed by atoms with Crippen LogP contribution in [0.25, 0.3) is 0 Å². The number of rotatable bonds is 6. The normalized spacial score (nSPS) is 15.9. The molecule has 0 radical (unpaired) electrons. The SMILES string of the molecule is CCC(=O)Nc1ccc(OC2CCN(S(=O)(=O)c3ccc(F)cc3)CC2)nc1. The van der Waals surface area contributed by atoms with E-state index in [-0.39, 0.29) is 16.9 Å². The van der Waals surface area contributed by atoms with E-state index in [1.54, 1.807) is 19.1 Å². The largest absolute Gasteiger partial charge is 0.474 e. The lowest BCUT2D eigenvalue weighted by Crippen LogP contribution is -2.41. The number of nitrogens with one attached hydrogen (secondary N) is 1. The van der Waals surface area contributed by atoms with Crippen LogP contribution in [-0.4, -0.2) is 42.8 Å². The Bertz CT molecular complexity index is 909. The molecule has 0 atom stereocenters. The summed E-state index contributed by atoms with van der Waals surface area (Å²) in [4.78, 5) is 15.6. The Morgan fingerprint density at radius 3 is 2.46 bits per heavy atom. The first kappa shape index (κ1) is 20.2. The first-order valence-corrected chi connectivity index (χ1v) is 10.5. The van der Waals surface area contributed by atoms with Gasteiger partial charge in [-0.2, -0.15) is 4.31 Å². The molecule has 0 aliphatic carbocycles. The van der Waals surface area contributed by atoms with Crippen molar-refractivity contribution in [2.75, 3.05) is 18.4 Å². The Balaban J connectivity index is 1.55. The van der Waals surface area contributed by atoms with Gasteiger partial charge in [-0.3, -0.25) is 4.79 Å². The Labute approximate surface area is 163 Å². The van der Waals surface area contributed by atoms with Crippen LogP contribution >= 0.6 is 0 Å². The number of aromatic nitrogens is 1. The minimum absolute atomic E-state index is 0.0830. The van der Waals surface area contributed by atoms with Crippen LogP contribution < -0.4 is 10.1 Å². The molecule has 1 aromatic heterocycles. The second kappa shape index (κ2) is 8.66. The van der Waals surface area contributed by atoms with Crippen molar-refractivity contribution in [3.8, 4) is 5.88 Å². The molecule has 7 nitrogen and oxygen atoms in total. The standard InChI is InChI=1S/C19H22FN3O4S/c1-2-18(24)22-15-5-8-19(21-13-15)27-16-9-11-23(12-10-16)28(25,26)17-6-3-14(20)4-7-17/h3-8,13,16H,2,9-12H2,1H3,(H,22,24). The number of ether oxygens (including phenoxy) is 1. The maximum absolute atomic E-state index is 13.0. The number of pyridine rings is 1. The molecular formula is C19H22FN3O4S. The molecule has 1 aliphatic rings. The highest BCUT2D eigenvalue weighted by molar-refractivity contribution is 7.89. The van der Waals surface area contributed by atoms with Gasteiger partial charge in [-0.05, 0) is 43.2 Å². The summed E-state index contributed by atoms with van der Waals surface area (Å²) in [6, 6.07) is 8.21. The Morgan fingerprint density at radius 1 is 1.21 bits per heavy atom. The molecule has 2 heterocycles. The second-order valence-corrected chi connectivity index (χ2v) is 8.40. The Morgan fingerprint density at radius 2 is 1.89 bits per heavy atom. The highest BCUT2D eigenvalue weighted by Gasteiger charge is 2.30. The van der Waals surface area contributed by atoms with Crippen LogP contribution in [0.2, 0.25) is 0 Å². The summed E-state index contributed by atoms with van der Waals surface area (Å²) >= 11 is 0. The summed E-state index contributed by atoms with van der Waals surface area (Å²) in [5.74, 6) is -0.140. The fourth-order valence-electron chi connectivity index (χ4n) is 2.89. The number of hydrogen-bond acceptors (Lipinski definition) is 5. The molecule has 0 saturated carbocycles. The van der Waals surface area contributed by atoms with E-state index in [9.17, 15) is 17.6 Å². The molecule has 0 spiro atoms. The minimum atomic E-state index is -3.64. The predicted molar refractivity (Wildman–Crippen MR) is 102 cm³/mol. The van der Waals surface area contributed by atoms with E-state index in [0.29, 0.717) is 43.9 Å². The number of carbonyl (C=O) groups excluding carboxylic acids is 1. The zero-order valence-corrected chi connectivity index (χ0v) is 16.3. The lowest BCUT2D eigenvalue weighted by atomic mass is 10.1. The molecule has 2 aromatic rings. The zero-order chi connectivity index (χ0) is 20.1. The molecule has 1 aromatic carbocycles. The van der Waals surface area contributed by atoms with Gasteiger partial charge >= 0.3 is 0 Å². The fourth-order valence-corrected chi connectivity index (χ4v) is 4.36. The van der Waals surface area contributed by atoms with Crippen molar-refractivity contribution in [2.24, 2.45) is 0 Å². The first-order valence-electron chi connectivity index (χ1n) is 9.07. The summed E-state index contributed by atoms with van der Waals surface area (Å²) in [5.41, 5.74) is 0.597. The molecule has 1 N–H and O–H groups in total. The van der Waals surface area contributed by atoms with Crippen LogP contribution in [0.5, 0.6) is 5.88 Å². The van der Waals surface area contributed by atoms with E-state index in [0.717, 1.165) is 12.1 Å². The van der Waals surface area contributed by atoms with E-state index in [4.69, 9.17) is 4.74 Å². The van der Waals surface area contributed by atoms with Gasteiger partial charge in [0.05, 0.1) is 16.8 Å². The number of amides is 1. The minimum Gasteiger partial charge on any atom is -0.474 e. The van der Waals surface area contributed by atoms with E-state index in [2.05, 4.69) is 10.3 Å². The van der Waals surface area contributed by atoms with Gasteiger partial charge in [0.15, 0.2) is 0 Å². The third-order valence-electron chi connectivity index (χ3n) is 4.48. The van der Waals surface area contributed by atoms with Crippen molar-refractivity contribution < 1.29 is 22.3 Å². The van der Waals surface area contributed by atoms with Gasteiger partial charge in [0.1, 0.15) is 11.9 Å². The molecule has 150 valence electrons. The molecule has 28 heavy (non-hydrogen) atoms. The Hall–Kier alpha value is -2.52. The topological polar surface area (TPSA) is 88.6 Å². The quantitative estimate of drug-likeness (QED) is 0.796. The third-order valence-corrected chi connectivity index (χ3v) is 6.39. The summed E-state index contributed by atoms with van der Waals surface area (Å²) in [6.07, 6.45) is 2.81.